The van der Waals surface area contributed by atoms with E-state index in [4.69, 9.17) is 4.74 Å². The van der Waals surface area contributed by atoms with Crippen LogP contribution in [-0.2, 0) is 22.6 Å². The van der Waals surface area contributed by atoms with E-state index in [1.807, 2.05) is 40.2 Å². The van der Waals surface area contributed by atoms with Crippen LogP contribution in [-0.4, -0.2) is 37.3 Å². The number of imidazole rings is 1. The zero-order valence-corrected chi connectivity index (χ0v) is 17.8. The quantitative estimate of drug-likeness (QED) is 0.626. The molecule has 1 fully saturated rings. The second-order valence-corrected chi connectivity index (χ2v) is 7.78. The molecule has 0 bridgehead atoms. The number of ether oxygens (including phenoxy) is 1. The van der Waals surface area contributed by atoms with Crippen molar-refractivity contribution in [2.45, 2.75) is 51.7 Å². The van der Waals surface area contributed by atoms with Crippen LogP contribution in [0.15, 0.2) is 46.2 Å². The number of amides is 2. The first-order chi connectivity index (χ1) is 15.5. The van der Waals surface area contributed by atoms with E-state index in [9.17, 15) is 19.2 Å². The number of aromatic nitrogens is 4. The lowest BCUT2D eigenvalue weighted by molar-refractivity contribution is -0.121. The van der Waals surface area contributed by atoms with E-state index in [1.165, 1.54) is 4.57 Å². The molecule has 2 amide bonds. The van der Waals surface area contributed by atoms with Gasteiger partial charge in [0.15, 0.2) is 11.2 Å². The summed E-state index contributed by atoms with van der Waals surface area (Å²) in [5.41, 5.74) is 0.168. The Labute approximate surface area is 183 Å². The highest BCUT2D eigenvalue weighted by Gasteiger charge is 2.25. The van der Waals surface area contributed by atoms with Gasteiger partial charge in [-0.25, -0.2) is 19.1 Å². The van der Waals surface area contributed by atoms with Crippen LogP contribution in [0, 0.1) is 0 Å². The summed E-state index contributed by atoms with van der Waals surface area (Å²) in [4.78, 5) is 54.9. The molecule has 10 nitrogen and oxygen atoms in total. The molecule has 10 heteroatoms. The highest BCUT2D eigenvalue weighted by Crippen LogP contribution is 2.31. The minimum atomic E-state index is -0.924. The summed E-state index contributed by atoms with van der Waals surface area (Å²) >= 11 is 0. The van der Waals surface area contributed by atoms with Crippen molar-refractivity contribution in [1.29, 1.82) is 0 Å². The highest BCUT2D eigenvalue weighted by molar-refractivity contribution is 5.91. The molecule has 1 N–H and O–H groups in total. The molecule has 0 spiro atoms. The number of nitrogens with one attached hydrogen (secondary N) is 1. The molecule has 1 aliphatic carbocycles. The molecule has 4 rings (SSSR count). The highest BCUT2D eigenvalue weighted by atomic mass is 16.5. The first-order valence-electron chi connectivity index (χ1n) is 10.7. The van der Waals surface area contributed by atoms with Crippen molar-refractivity contribution in [3.63, 3.8) is 0 Å². The Balaban J connectivity index is 1.82. The summed E-state index contributed by atoms with van der Waals surface area (Å²) in [6.45, 7) is 1.29. The molecule has 168 valence electrons. The molecule has 0 radical (unpaired) electrons. The maximum Gasteiger partial charge on any atom is 0.413 e. The summed E-state index contributed by atoms with van der Waals surface area (Å²) in [5.74, 6) is -0.805. The number of hydrogen-bond donors (Lipinski definition) is 1. The number of nitrogens with zero attached hydrogens (tertiary/aromatic N) is 4. The Bertz CT molecular complexity index is 1250. The summed E-state index contributed by atoms with van der Waals surface area (Å²) in [5, 5.41) is 2.03. The molecular formula is C22H25N5O5. The number of carbonyl (C=O) groups is 2. The summed E-state index contributed by atoms with van der Waals surface area (Å²) < 4.78 is 8.78. The van der Waals surface area contributed by atoms with Crippen molar-refractivity contribution < 1.29 is 14.3 Å². The number of imide groups is 1. The van der Waals surface area contributed by atoms with Gasteiger partial charge < -0.3 is 9.30 Å². The molecule has 0 saturated heterocycles. The third-order valence-corrected chi connectivity index (χ3v) is 5.66. The van der Waals surface area contributed by atoms with Gasteiger partial charge in [-0.05, 0) is 25.3 Å². The molecule has 2 aromatic heterocycles. The van der Waals surface area contributed by atoms with E-state index in [0.717, 1.165) is 35.8 Å². The van der Waals surface area contributed by atoms with E-state index in [0.29, 0.717) is 0 Å². The monoisotopic (exact) mass is 439 g/mol. The Morgan fingerprint density at radius 1 is 1.12 bits per heavy atom. The molecule has 1 aliphatic rings. The van der Waals surface area contributed by atoms with Gasteiger partial charge in [-0.2, -0.15) is 0 Å². The van der Waals surface area contributed by atoms with E-state index < -0.39 is 29.8 Å². The van der Waals surface area contributed by atoms with Crippen LogP contribution in [0.4, 0.5) is 4.79 Å². The minimum absolute atomic E-state index is 0.0927. The molecule has 1 aromatic carbocycles. The lowest BCUT2D eigenvalue weighted by atomic mass is 10.2. The van der Waals surface area contributed by atoms with Gasteiger partial charge in [0.05, 0.1) is 19.5 Å². The van der Waals surface area contributed by atoms with Gasteiger partial charge in [0.25, 0.3) is 5.56 Å². The predicted molar refractivity (Wildman–Crippen MR) is 116 cm³/mol. The minimum Gasteiger partial charge on any atom is -0.450 e. The Hall–Kier alpha value is -3.69. The van der Waals surface area contributed by atoms with Gasteiger partial charge in [0, 0.05) is 6.04 Å². The molecule has 0 unspecified atom stereocenters. The van der Waals surface area contributed by atoms with Crippen LogP contribution in [0.5, 0.6) is 0 Å². The first-order valence-corrected chi connectivity index (χ1v) is 10.7. The van der Waals surface area contributed by atoms with Crippen LogP contribution in [0.25, 0.3) is 11.2 Å². The number of fused-ring (bicyclic) bond motifs is 1. The van der Waals surface area contributed by atoms with E-state index in [1.54, 1.807) is 13.3 Å². The van der Waals surface area contributed by atoms with Crippen molar-refractivity contribution in [2.75, 3.05) is 6.61 Å². The van der Waals surface area contributed by atoms with Gasteiger partial charge >= 0.3 is 11.8 Å². The number of carbonyl (C=O) groups excluding carboxylic acids is 2. The average molecular weight is 439 g/mol. The molecule has 3 aromatic rings. The molecule has 1 saturated carbocycles. The Kier molecular flexibility index (Phi) is 6.20. The van der Waals surface area contributed by atoms with E-state index in [2.05, 4.69) is 4.98 Å². The lowest BCUT2D eigenvalue weighted by Crippen LogP contribution is -2.45. The lowest BCUT2D eigenvalue weighted by Gasteiger charge is -2.15. The maximum atomic E-state index is 13.3. The Morgan fingerprint density at radius 2 is 1.84 bits per heavy atom. The van der Waals surface area contributed by atoms with Crippen molar-refractivity contribution in [3.8, 4) is 0 Å². The van der Waals surface area contributed by atoms with Crippen LogP contribution in [0.2, 0.25) is 0 Å². The summed E-state index contributed by atoms with van der Waals surface area (Å²) in [6, 6.07) is 9.45. The maximum absolute atomic E-state index is 13.3. The van der Waals surface area contributed by atoms with Gasteiger partial charge in [-0.1, -0.05) is 43.2 Å². The zero-order chi connectivity index (χ0) is 22.7. The third kappa shape index (κ3) is 4.20. The molecule has 0 atom stereocenters. The van der Waals surface area contributed by atoms with E-state index >= 15 is 0 Å². The molecular weight excluding hydrogens is 414 g/mol. The van der Waals surface area contributed by atoms with E-state index in [-0.39, 0.29) is 30.4 Å². The standard InChI is InChI=1S/C22H25N5O5/c1-2-32-21(30)24-17(28)13-26-20(29)18-19(23-14-27(18)16-10-6-7-11-16)25(22(26)31)12-15-8-4-3-5-9-15/h3-5,8-9,14,16H,2,6-7,10-13H2,1H3,(H,24,28,30). The fourth-order valence-corrected chi connectivity index (χ4v) is 4.18. The van der Waals surface area contributed by atoms with Gasteiger partial charge in [0.2, 0.25) is 5.91 Å². The fourth-order valence-electron chi connectivity index (χ4n) is 4.18. The average Bonchev–Trinajstić information content (AvgIpc) is 3.45. The van der Waals surface area contributed by atoms with Crippen LogP contribution in [0.3, 0.4) is 0 Å². The van der Waals surface area contributed by atoms with Crippen molar-refractivity contribution >= 4 is 23.2 Å². The first kappa shape index (κ1) is 21.5. The van der Waals surface area contributed by atoms with Gasteiger partial charge in [0.1, 0.15) is 6.54 Å². The largest absolute Gasteiger partial charge is 0.450 e. The van der Waals surface area contributed by atoms with Crippen molar-refractivity contribution in [2.24, 2.45) is 0 Å². The van der Waals surface area contributed by atoms with Crippen molar-refractivity contribution in [1.82, 2.24) is 24.0 Å². The predicted octanol–water partition coefficient (Wildman–Crippen LogP) is 1.80. The van der Waals surface area contributed by atoms with Crippen molar-refractivity contribution in [3.05, 3.63) is 63.1 Å². The second kappa shape index (κ2) is 9.21. The van der Waals surface area contributed by atoms with Crippen LogP contribution in [0.1, 0.15) is 44.2 Å². The Morgan fingerprint density at radius 3 is 2.53 bits per heavy atom. The SMILES string of the molecule is CCOC(=O)NC(=O)Cn1c(=O)c2c(ncn2C2CCCC2)n(Cc2ccccc2)c1=O. The van der Waals surface area contributed by atoms with Crippen LogP contribution < -0.4 is 16.6 Å². The van der Waals surface area contributed by atoms with Gasteiger partial charge in [-0.15, -0.1) is 0 Å². The summed E-state index contributed by atoms with van der Waals surface area (Å²) in [6.07, 6.45) is 4.64. The summed E-state index contributed by atoms with van der Waals surface area (Å²) in [7, 11) is 0. The normalized spacial score (nSPS) is 14.0. The number of hydrogen-bond acceptors (Lipinski definition) is 6. The topological polar surface area (TPSA) is 117 Å². The zero-order valence-electron chi connectivity index (χ0n) is 17.8. The third-order valence-electron chi connectivity index (χ3n) is 5.66. The molecule has 0 aliphatic heterocycles. The van der Waals surface area contributed by atoms with Gasteiger partial charge in [-0.3, -0.25) is 19.5 Å². The molecule has 2 heterocycles. The molecule has 32 heavy (non-hydrogen) atoms. The number of rotatable bonds is 6. The number of alkyl carbamates (subject to hydrolysis) is 1. The number of benzene rings is 1. The van der Waals surface area contributed by atoms with Crippen LogP contribution >= 0.6 is 0 Å². The smallest absolute Gasteiger partial charge is 0.413 e. The second-order valence-electron chi connectivity index (χ2n) is 7.78. The fraction of sp³-hybridized carbons (Fsp3) is 0.409.